The molecule has 0 radical (unpaired) electrons. The Morgan fingerprint density at radius 3 is 2.38 bits per heavy atom. The molecule has 0 aromatic heterocycles. The maximum atomic E-state index is 13.7. The van der Waals surface area contributed by atoms with Gasteiger partial charge in [0.2, 0.25) is 0 Å². The molecule has 0 aliphatic rings. The summed E-state index contributed by atoms with van der Waals surface area (Å²) in [7, 11) is -0.342. The van der Waals surface area contributed by atoms with Gasteiger partial charge in [0.15, 0.2) is 0 Å². The molecule has 0 bridgehead atoms. The Kier molecular flexibility index (Phi) is 5.22. The van der Waals surface area contributed by atoms with Crippen LogP contribution < -0.4 is 0 Å². The largest absolute Gasteiger partial charge is 0.469 e. The number of carbonyl (C=O) groups is 1. The lowest BCUT2D eigenvalue weighted by Gasteiger charge is -2.15. The van der Waals surface area contributed by atoms with Crippen molar-refractivity contribution in [3.05, 3.63) is 66.0 Å². The number of hydrogen-bond donors (Lipinski definition) is 0. The molecule has 0 spiro atoms. The zero-order valence-electron chi connectivity index (χ0n) is 11.5. The molecule has 0 fully saturated rings. The van der Waals surface area contributed by atoms with Gasteiger partial charge in [-0.25, -0.2) is 4.39 Å². The molecule has 0 aliphatic heterocycles. The number of methoxy groups -OCH3 is 1. The van der Waals surface area contributed by atoms with Crippen molar-refractivity contribution in [3.8, 4) is 0 Å². The lowest BCUT2D eigenvalue weighted by molar-refractivity contribution is -0.141. The minimum Gasteiger partial charge on any atom is -0.469 e. The highest BCUT2D eigenvalue weighted by Gasteiger charge is 2.25. The molecule has 2 aromatic rings. The lowest BCUT2D eigenvalue weighted by Crippen LogP contribution is -2.21. The van der Waals surface area contributed by atoms with Crippen molar-refractivity contribution in [2.24, 2.45) is 0 Å². The number of carbonyl (C=O) groups excluding carboxylic acids is 1. The second-order valence-corrected chi connectivity index (χ2v) is 5.89. The first-order valence-corrected chi connectivity index (χ1v) is 7.71. The topological polar surface area (TPSA) is 43.4 Å². The molecule has 0 N–H and O–H groups in total. The second-order valence-electron chi connectivity index (χ2n) is 4.43. The molecule has 2 rings (SSSR count). The standard InChI is InChI=1S/C16H15FO3S/c1-20-16(18)13(12-7-3-2-4-8-12)11-21(19)15-10-6-5-9-14(15)17/h2-10,13H,11H2,1H3. The molecule has 0 heterocycles. The molecule has 2 unspecified atom stereocenters. The van der Waals surface area contributed by atoms with Crippen LogP contribution in [0.4, 0.5) is 4.39 Å². The van der Waals surface area contributed by atoms with Crippen LogP contribution in [-0.4, -0.2) is 23.0 Å². The molecule has 0 aliphatic carbocycles. The fourth-order valence-corrected chi connectivity index (χ4v) is 3.33. The van der Waals surface area contributed by atoms with E-state index in [0.717, 1.165) is 0 Å². The normalized spacial score (nSPS) is 13.4. The summed E-state index contributed by atoms with van der Waals surface area (Å²) in [6.07, 6.45) is 0. The summed E-state index contributed by atoms with van der Waals surface area (Å²) >= 11 is 0. The number of benzene rings is 2. The molecule has 0 amide bonds. The van der Waals surface area contributed by atoms with Gasteiger partial charge in [0.25, 0.3) is 0 Å². The molecule has 3 nitrogen and oxygen atoms in total. The Hall–Kier alpha value is -2.01. The van der Waals surface area contributed by atoms with E-state index >= 15 is 0 Å². The summed E-state index contributed by atoms with van der Waals surface area (Å²) in [6.45, 7) is 0. The van der Waals surface area contributed by atoms with Gasteiger partial charge in [0.05, 0.1) is 28.7 Å². The van der Waals surface area contributed by atoms with Gasteiger partial charge < -0.3 is 4.74 Å². The van der Waals surface area contributed by atoms with E-state index in [1.54, 1.807) is 30.3 Å². The minimum absolute atomic E-state index is 0.0163. The quantitative estimate of drug-likeness (QED) is 0.798. The summed E-state index contributed by atoms with van der Waals surface area (Å²) in [4.78, 5) is 12.0. The van der Waals surface area contributed by atoms with Gasteiger partial charge in [-0.1, -0.05) is 42.5 Å². The zero-order chi connectivity index (χ0) is 15.2. The van der Waals surface area contributed by atoms with Crippen molar-refractivity contribution >= 4 is 16.8 Å². The van der Waals surface area contributed by atoms with Crippen molar-refractivity contribution in [1.82, 2.24) is 0 Å². The van der Waals surface area contributed by atoms with Gasteiger partial charge in [-0.15, -0.1) is 0 Å². The van der Waals surface area contributed by atoms with E-state index < -0.39 is 28.5 Å². The van der Waals surface area contributed by atoms with E-state index in [2.05, 4.69) is 0 Å². The van der Waals surface area contributed by atoms with Crippen LogP contribution in [0.15, 0.2) is 59.5 Å². The van der Waals surface area contributed by atoms with Crippen LogP contribution in [0.25, 0.3) is 0 Å². The summed E-state index contributed by atoms with van der Waals surface area (Å²) < 4.78 is 30.8. The van der Waals surface area contributed by atoms with Crippen LogP contribution in [-0.2, 0) is 20.3 Å². The van der Waals surface area contributed by atoms with Crippen molar-refractivity contribution in [2.45, 2.75) is 10.8 Å². The van der Waals surface area contributed by atoms with E-state index in [-0.39, 0.29) is 10.6 Å². The summed E-state index contributed by atoms with van der Waals surface area (Å²) in [5.74, 6) is -1.72. The van der Waals surface area contributed by atoms with Crippen molar-refractivity contribution in [1.29, 1.82) is 0 Å². The molecule has 0 saturated heterocycles. The van der Waals surface area contributed by atoms with E-state index in [1.165, 1.54) is 25.3 Å². The van der Waals surface area contributed by atoms with E-state index in [1.807, 2.05) is 6.07 Å². The van der Waals surface area contributed by atoms with Crippen molar-refractivity contribution in [2.75, 3.05) is 12.9 Å². The first-order valence-electron chi connectivity index (χ1n) is 6.39. The Labute approximate surface area is 125 Å². The fourth-order valence-electron chi connectivity index (χ4n) is 2.00. The molecular formula is C16H15FO3S. The van der Waals surface area contributed by atoms with Crippen LogP contribution in [0.1, 0.15) is 11.5 Å². The maximum Gasteiger partial charge on any atom is 0.314 e. The van der Waals surface area contributed by atoms with Crippen LogP contribution >= 0.6 is 0 Å². The number of rotatable bonds is 5. The van der Waals surface area contributed by atoms with Crippen LogP contribution in [0.5, 0.6) is 0 Å². The monoisotopic (exact) mass is 306 g/mol. The van der Waals surface area contributed by atoms with Crippen molar-refractivity contribution < 1.29 is 18.1 Å². The molecule has 0 saturated carbocycles. The summed E-state index contributed by atoms with van der Waals surface area (Å²) in [5.41, 5.74) is 0.703. The molecule has 21 heavy (non-hydrogen) atoms. The highest BCUT2D eigenvalue weighted by molar-refractivity contribution is 7.85. The highest BCUT2D eigenvalue weighted by Crippen LogP contribution is 2.22. The van der Waals surface area contributed by atoms with Gasteiger partial charge in [-0.2, -0.15) is 0 Å². The van der Waals surface area contributed by atoms with E-state index in [4.69, 9.17) is 4.74 Å². The molecular weight excluding hydrogens is 291 g/mol. The van der Waals surface area contributed by atoms with Gasteiger partial charge in [-0.05, 0) is 17.7 Å². The number of ether oxygens (including phenoxy) is 1. The predicted octanol–water partition coefficient (Wildman–Crippen LogP) is 2.89. The van der Waals surface area contributed by atoms with Crippen LogP contribution in [0, 0.1) is 5.82 Å². The molecule has 5 heteroatoms. The minimum atomic E-state index is -1.62. The van der Waals surface area contributed by atoms with Gasteiger partial charge in [-0.3, -0.25) is 9.00 Å². The van der Waals surface area contributed by atoms with Crippen LogP contribution in [0.3, 0.4) is 0 Å². The van der Waals surface area contributed by atoms with Gasteiger partial charge in [0, 0.05) is 5.75 Å². The average Bonchev–Trinajstić information content (AvgIpc) is 2.53. The number of esters is 1. The molecule has 2 aromatic carbocycles. The number of hydrogen-bond acceptors (Lipinski definition) is 3. The maximum absolute atomic E-state index is 13.7. The lowest BCUT2D eigenvalue weighted by atomic mass is 10.0. The summed E-state index contributed by atoms with van der Waals surface area (Å²) in [5, 5.41) is 0. The van der Waals surface area contributed by atoms with Gasteiger partial charge >= 0.3 is 5.97 Å². The Morgan fingerprint density at radius 2 is 1.76 bits per heavy atom. The Bertz CT molecular complexity index is 643. The Balaban J connectivity index is 2.26. The third-order valence-electron chi connectivity index (χ3n) is 3.09. The Morgan fingerprint density at radius 1 is 1.14 bits per heavy atom. The fraction of sp³-hybridized carbons (Fsp3) is 0.188. The predicted molar refractivity (Wildman–Crippen MR) is 78.9 cm³/mol. The number of halogens is 1. The van der Waals surface area contributed by atoms with Crippen molar-refractivity contribution in [3.63, 3.8) is 0 Å². The highest BCUT2D eigenvalue weighted by atomic mass is 32.2. The third-order valence-corrected chi connectivity index (χ3v) is 4.55. The van der Waals surface area contributed by atoms with Crippen LogP contribution in [0.2, 0.25) is 0 Å². The SMILES string of the molecule is COC(=O)C(CS(=O)c1ccccc1F)c1ccccc1. The first-order chi connectivity index (χ1) is 10.1. The zero-order valence-corrected chi connectivity index (χ0v) is 12.3. The molecule has 2 atom stereocenters. The van der Waals surface area contributed by atoms with E-state index in [0.29, 0.717) is 5.56 Å². The smallest absolute Gasteiger partial charge is 0.314 e. The average molecular weight is 306 g/mol. The second kappa shape index (κ2) is 7.13. The summed E-state index contributed by atoms with van der Waals surface area (Å²) in [6, 6.07) is 14.8. The third kappa shape index (κ3) is 3.76. The first kappa shape index (κ1) is 15.4. The van der Waals surface area contributed by atoms with Gasteiger partial charge in [0.1, 0.15) is 5.82 Å². The molecule has 110 valence electrons. The van der Waals surface area contributed by atoms with E-state index in [9.17, 15) is 13.4 Å².